The summed E-state index contributed by atoms with van der Waals surface area (Å²) in [5.41, 5.74) is 8.10. The number of hydrogen-bond acceptors (Lipinski definition) is 3. The Hall–Kier alpha value is -1.90. The van der Waals surface area contributed by atoms with Crippen molar-refractivity contribution in [1.29, 1.82) is 0 Å². The maximum atomic E-state index is 5.86. The zero-order chi connectivity index (χ0) is 12.6. The molecule has 0 atom stereocenters. The number of hydrogen-bond donors (Lipinski definition) is 1. The average Bonchev–Trinajstić information content (AvgIpc) is 2.27. The van der Waals surface area contributed by atoms with Crippen molar-refractivity contribution in [2.75, 3.05) is 5.73 Å². The molecule has 0 aliphatic heterocycles. The van der Waals surface area contributed by atoms with Gasteiger partial charge in [0.15, 0.2) is 0 Å². The lowest BCUT2D eigenvalue weighted by atomic mass is 9.64. The number of anilines is 1. The van der Waals surface area contributed by atoms with Crippen LogP contribution in [0.4, 0.5) is 5.82 Å². The predicted molar refractivity (Wildman–Crippen MR) is 72.3 cm³/mol. The minimum absolute atomic E-state index is 0.0125. The summed E-state index contributed by atoms with van der Waals surface area (Å²) in [5.74, 6) is 1.46. The fraction of sp³-hybridized carbons (Fsp3) is 0.333. The molecule has 2 aromatic rings. The topological polar surface area (TPSA) is 51.8 Å². The lowest BCUT2D eigenvalue weighted by Gasteiger charge is -2.41. The molecule has 2 N–H and O–H groups in total. The van der Waals surface area contributed by atoms with Gasteiger partial charge in [0.25, 0.3) is 0 Å². The number of nitrogens with two attached hydrogens (primary N) is 1. The van der Waals surface area contributed by atoms with E-state index in [2.05, 4.69) is 34.2 Å². The molecule has 0 unspecified atom stereocenters. The molecular formula is C15H17N3. The van der Waals surface area contributed by atoms with Gasteiger partial charge >= 0.3 is 0 Å². The Bertz CT molecular complexity index is 539. The lowest BCUT2D eigenvalue weighted by Crippen LogP contribution is -2.37. The molecule has 1 aromatic heterocycles. The molecule has 0 spiro atoms. The molecule has 1 aliphatic rings. The second-order valence-electron chi connectivity index (χ2n) is 5.06. The number of nitrogens with zero attached hydrogens (tertiary/aromatic N) is 2. The molecule has 18 heavy (non-hydrogen) atoms. The molecule has 3 heteroatoms. The Labute approximate surface area is 107 Å². The third kappa shape index (κ3) is 1.67. The molecule has 92 valence electrons. The molecular weight excluding hydrogens is 222 g/mol. The van der Waals surface area contributed by atoms with Crippen LogP contribution in [0.1, 0.15) is 36.3 Å². The van der Waals surface area contributed by atoms with E-state index in [4.69, 9.17) is 5.73 Å². The third-order valence-corrected chi connectivity index (χ3v) is 3.84. The van der Waals surface area contributed by atoms with Gasteiger partial charge in [0.05, 0.1) is 5.41 Å². The molecule has 3 nitrogen and oxygen atoms in total. The van der Waals surface area contributed by atoms with Crippen LogP contribution in [0.3, 0.4) is 0 Å². The van der Waals surface area contributed by atoms with E-state index in [1.807, 2.05) is 19.1 Å². The van der Waals surface area contributed by atoms with Gasteiger partial charge in [-0.2, -0.15) is 0 Å². The van der Waals surface area contributed by atoms with E-state index in [1.165, 1.54) is 12.0 Å². The van der Waals surface area contributed by atoms with Gasteiger partial charge in [-0.05, 0) is 25.3 Å². The SMILES string of the molecule is Cc1cc(N)nc(C2(c3ccccc3)CCC2)n1. The van der Waals surface area contributed by atoms with Gasteiger partial charge in [-0.3, -0.25) is 0 Å². The molecule has 1 heterocycles. The van der Waals surface area contributed by atoms with E-state index in [0.29, 0.717) is 5.82 Å². The second kappa shape index (κ2) is 4.09. The van der Waals surface area contributed by atoms with Gasteiger partial charge in [0, 0.05) is 11.8 Å². The zero-order valence-corrected chi connectivity index (χ0v) is 10.6. The summed E-state index contributed by atoms with van der Waals surface area (Å²) in [5, 5.41) is 0. The Morgan fingerprint density at radius 3 is 2.39 bits per heavy atom. The summed E-state index contributed by atoms with van der Waals surface area (Å²) in [6.45, 7) is 1.97. The van der Waals surface area contributed by atoms with Crippen molar-refractivity contribution >= 4 is 5.82 Å². The van der Waals surface area contributed by atoms with Crippen molar-refractivity contribution in [3.8, 4) is 0 Å². The van der Waals surface area contributed by atoms with Crippen LogP contribution in [-0.2, 0) is 5.41 Å². The first-order chi connectivity index (χ1) is 8.71. The highest BCUT2D eigenvalue weighted by molar-refractivity contribution is 5.39. The van der Waals surface area contributed by atoms with E-state index >= 15 is 0 Å². The minimum atomic E-state index is -0.0125. The Balaban J connectivity index is 2.12. The molecule has 0 radical (unpaired) electrons. The summed E-state index contributed by atoms with van der Waals surface area (Å²) in [7, 11) is 0. The average molecular weight is 239 g/mol. The smallest absolute Gasteiger partial charge is 0.141 e. The van der Waals surface area contributed by atoms with E-state index in [9.17, 15) is 0 Å². The van der Waals surface area contributed by atoms with Gasteiger partial charge in [-0.15, -0.1) is 0 Å². The summed E-state index contributed by atoms with van der Waals surface area (Å²) >= 11 is 0. The van der Waals surface area contributed by atoms with Crippen LogP contribution < -0.4 is 5.73 Å². The quantitative estimate of drug-likeness (QED) is 0.876. The standard InChI is InChI=1S/C15H17N3/c1-11-10-13(16)18-14(17-11)15(8-5-9-15)12-6-3-2-4-7-12/h2-4,6-7,10H,5,8-9H2,1H3,(H2,16,17,18). The van der Waals surface area contributed by atoms with Crippen LogP contribution in [0.5, 0.6) is 0 Å². The number of aromatic nitrogens is 2. The van der Waals surface area contributed by atoms with Crippen molar-refractivity contribution in [1.82, 2.24) is 9.97 Å². The maximum absolute atomic E-state index is 5.86. The van der Waals surface area contributed by atoms with Gasteiger partial charge in [0.2, 0.25) is 0 Å². The fourth-order valence-corrected chi connectivity index (χ4v) is 2.74. The molecule has 1 fully saturated rings. The first-order valence-corrected chi connectivity index (χ1v) is 6.38. The Morgan fingerprint density at radius 2 is 1.83 bits per heavy atom. The monoisotopic (exact) mass is 239 g/mol. The third-order valence-electron chi connectivity index (χ3n) is 3.84. The fourth-order valence-electron chi connectivity index (χ4n) is 2.74. The first-order valence-electron chi connectivity index (χ1n) is 6.38. The molecule has 1 aliphatic carbocycles. The first kappa shape index (κ1) is 11.2. The van der Waals surface area contributed by atoms with Crippen molar-refractivity contribution in [2.45, 2.75) is 31.6 Å². The van der Waals surface area contributed by atoms with E-state index in [0.717, 1.165) is 24.4 Å². The number of aryl methyl sites for hydroxylation is 1. The van der Waals surface area contributed by atoms with E-state index < -0.39 is 0 Å². The van der Waals surface area contributed by atoms with E-state index in [1.54, 1.807) is 0 Å². The predicted octanol–water partition coefficient (Wildman–Crippen LogP) is 2.84. The summed E-state index contributed by atoms with van der Waals surface area (Å²) in [6.07, 6.45) is 3.45. The van der Waals surface area contributed by atoms with E-state index in [-0.39, 0.29) is 5.41 Å². The number of nitrogen functional groups attached to an aromatic ring is 1. The Kier molecular flexibility index (Phi) is 2.54. The number of rotatable bonds is 2. The maximum Gasteiger partial charge on any atom is 0.141 e. The summed E-state index contributed by atoms with van der Waals surface area (Å²) in [4.78, 5) is 9.08. The van der Waals surface area contributed by atoms with Crippen molar-refractivity contribution in [3.63, 3.8) is 0 Å². The van der Waals surface area contributed by atoms with Crippen molar-refractivity contribution < 1.29 is 0 Å². The summed E-state index contributed by atoms with van der Waals surface area (Å²) < 4.78 is 0. The lowest BCUT2D eigenvalue weighted by molar-refractivity contribution is 0.285. The second-order valence-corrected chi connectivity index (χ2v) is 5.06. The van der Waals surface area contributed by atoms with Gasteiger partial charge in [-0.1, -0.05) is 36.8 Å². The molecule has 0 saturated heterocycles. The zero-order valence-electron chi connectivity index (χ0n) is 10.6. The summed E-state index contributed by atoms with van der Waals surface area (Å²) in [6, 6.07) is 12.4. The van der Waals surface area contributed by atoms with Gasteiger partial charge in [0.1, 0.15) is 11.6 Å². The molecule has 1 saturated carbocycles. The van der Waals surface area contributed by atoms with Gasteiger partial charge < -0.3 is 5.73 Å². The minimum Gasteiger partial charge on any atom is -0.384 e. The highest BCUT2D eigenvalue weighted by Gasteiger charge is 2.43. The largest absolute Gasteiger partial charge is 0.384 e. The van der Waals surface area contributed by atoms with Crippen LogP contribution in [0.2, 0.25) is 0 Å². The molecule has 0 amide bonds. The van der Waals surface area contributed by atoms with Crippen LogP contribution >= 0.6 is 0 Å². The van der Waals surface area contributed by atoms with Crippen LogP contribution in [0.25, 0.3) is 0 Å². The Morgan fingerprint density at radius 1 is 1.11 bits per heavy atom. The van der Waals surface area contributed by atoms with Crippen molar-refractivity contribution in [2.24, 2.45) is 0 Å². The molecule has 0 bridgehead atoms. The van der Waals surface area contributed by atoms with Crippen molar-refractivity contribution in [3.05, 3.63) is 53.5 Å². The highest BCUT2D eigenvalue weighted by Crippen LogP contribution is 2.47. The number of benzene rings is 1. The highest BCUT2D eigenvalue weighted by atomic mass is 15.0. The van der Waals surface area contributed by atoms with Crippen LogP contribution in [0.15, 0.2) is 36.4 Å². The molecule has 3 rings (SSSR count). The van der Waals surface area contributed by atoms with Crippen LogP contribution in [0, 0.1) is 6.92 Å². The normalized spacial score (nSPS) is 17.2. The van der Waals surface area contributed by atoms with Crippen LogP contribution in [-0.4, -0.2) is 9.97 Å². The molecule has 1 aromatic carbocycles. The van der Waals surface area contributed by atoms with Gasteiger partial charge in [-0.25, -0.2) is 9.97 Å².